The van der Waals surface area contributed by atoms with Crippen LogP contribution in [0.4, 0.5) is 0 Å². The van der Waals surface area contributed by atoms with Crippen LogP contribution in [-0.2, 0) is 4.74 Å². The molecule has 7 N–H and O–H groups in total. The lowest BCUT2D eigenvalue weighted by molar-refractivity contribution is -0.277. The topological polar surface area (TPSA) is 190 Å². The molecule has 2 aromatic carbocycles. The molecule has 5 atom stereocenters. The monoisotopic (exact) mass is 448 g/mol. The molecule has 0 saturated carbocycles. The number of aliphatic hydroxyl groups is 4. The van der Waals surface area contributed by atoms with Gasteiger partial charge in [-0.1, -0.05) is 6.07 Å². The number of phenolic OH excluding ortho intramolecular Hbond substituents is 3. The quantitative estimate of drug-likeness (QED) is 0.261. The summed E-state index contributed by atoms with van der Waals surface area (Å²) in [4.78, 5) is 12.9. The first kappa shape index (κ1) is 21.9. The standard InChI is InChI=1S/C21H20O11/c22-6-15-18(27)19(28)20(29)21(32-15)31-9-4-13(25)16-14(5-9)30-7-10(17(16)26)8-1-2-11(23)12(24)3-8/h1-5,7,15,18-25,27-29H,6H2/t15-,18-,19+,20-,21-/m1/s1. The lowest BCUT2D eigenvalue weighted by atomic mass is 9.99. The van der Waals surface area contributed by atoms with Gasteiger partial charge in [-0.2, -0.15) is 0 Å². The van der Waals surface area contributed by atoms with Crippen molar-refractivity contribution in [2.75, 3.05) is 6.61 Å². The molecule has 3 aromatic rings. The molecule has 1 aliphatic heterocycles. The Labute approximate surface area is 179 Å². The van der Waals surface area contributed by atoms with Gasteiger partial charge in [0.2, 0.25) is 11.7 Å². The molecule has 1 aliphatic rings. The molecule has 1 aromatic heterocycles. The predicted molar refractivity (Wildman–Crippen MR) is 107 cm³/mol. The molecular formula is C21H20O11. The summed E-state index contributed by atoms with van der Waals surface area (Å²) in [6, 6.07) is 6.07. The highest BCUT2D eigenvalue weighted by Gasteiger charge is 2.44. The first-order valence-electron chi connectivity index (χ1n) is 9.49. The average molecular weight is 448 g/mol. The van der Waals surface area contributed by atoms with E-state index in [1.807, 2.05) is 0 Å². The molecule has 4 rings (SSSR count). The normalized spacial score (nSPS) is 25.7. The summed E-state index contributed by atoms with van der Waals surface area (Å²) in [6.07, 6.45) is -6.45. The number of hydrogen-bond acceptors (Lipinski definition) is 11. The molecule has 11 heteroatoms. The van der Waals surface area contributed by atoms with Crippen LogP contribution in [0.3, 0.4) is 0 Å². The number of phenols is 3. The van der Waals surface area contributed by atoms with Gasteiger partial charge < -0.3 is 49.6 Å². The molecule has 0 bridgehead atoms. The Morgan fingerprint density at radius 1 is 0.906 bits per heavy atom. The molecular weight excluding hydrogens is 428 g/mol. The highest BCUT2D eigenvalue weighted by Crippen LogP contribution is 2.34. The Morgan fingerprint density at radius 3 is 2.34 bits per heavy atom. The molecule has 2 heterocycles. The first-order chi connectivity index (χ1) is 15.2. The smallest absolute Gasteiger partial charge is 0.229 e. The largest absolute Gasteiger partial charge is 0.507 e. The zero-order chi connectivity index (χ0) is 23.2. The Hall–Kier alpha value is -3.35. The third-order valence-electron chi connectivity index (χ3n) is 5.22. The zero-order valence-electron chi connectivity index (χ0n) is 16.3. The van der Waals surface area contributed by atoms with Crippen molar-refractivity contribution in [3.8, 4) is 34.1 Å². The number of aliphatic hydroxyl groups excluding tert-OH is 4. The van der Waals surface area contributed by atoms with Crippen LogP contribution in [0.2, 0.25) is 0 Å². The van der Waals surface area contributed by atoms with Crippen molar-refractivity contribution in [1.29, 1.82) is 0 Å². The minimum Gasteiger partial charge on any atom is -0.507 e. The van der Waals surface area contributed by atoms with Gasteiger partial charge in [0.15, 0.2) is 11.5 Å². The highest BCUT2D eigenvalue weighted by atomic mass is 16.7. The molecule has 0 spiro atoms. The molecule has 0 radical (unpaired) electrons. The van der Waals surface area contributed by atoms with E-state index in [2.05, 4.69) is 0 Å². The molecule has 32 heavy (non-hydrogen) atoms. The number of rotatable bonds is 4. The van der Waals surface area contributed by atoms with Crippen molar-refractivity contribution in [2.45, 2.75) is 30.7 Å². The van der Waals surface area contributed by atoms with Crippen LogP contribution in [0.25, 0.3) is 22.1 Å². The van der Waals surface area contributed by atoms with Crippen LogP contribution in [-0.4, -0.2) is 73.1 Å². The second kappa shape index (κ2) is 8.30. The van der Waals surface area contributed by atoms with E-state index in [1.54, 1.807) is 0 Å². The van der Waals surface area contributed by atoms with E-state index in [-0.39, 0.29) is 33.6 Å². The summed E-state index contributed by atoms with van der Waals surface area (Å²) >= 11 is 0. The highest BCUT2D eigenvalue weighted by molar-refractivity contribution is 5.88. The van der Waals surface area contributed by atoms with E-state index in [0.717, 1.165) is 12.3 Å². The molecule has 11 nitrogen and oxygen atoms in total. The Bertz CT molecular complexity index is 1200. The van der Waals surface area contributed by atoms with Gasteiger partial charge in [-0.25, -0.2) is 0 Å². The minimum atomic E-state index is -1.66. The lowest BCUT2D eigenvalue weighted by Gasteiger charge is -2.39. The minimum absolute atomic E-state index is 0.0192. The molecule has 1 fully saturated rings. The van der Waals surface area contributed by atoms with Crippen molar-refractivity contribution >= 4 is 11.0 Å². The van der Waals surface area contributed by atoms with Crippen molar-refractivity contribution in [3.63, 3.8) is 0 Å². The fraction of sp³-hybridized carbons (Fsp3) is 0.286. The van der Waals surface area contributed by atoms with Gasteiger partial charge >= 0.3 is 0 Å². The molecule has 0 aliphatic carbocycles. The summed E-state index contributed by atoms with van der Waals surface area (Å²) in [5.41, 5.74) is -0.419. The molecule has 1 saturated heterocycles. The van der Waals surface area contributed by atoms with Gasteiger partial charge in [0.1, 0.15) is 53.1 Å². The number of aromatic hydroxyl groups is 3. The third-order valence-corrected chi connectivity index (χ3v) is 5.22. The fourth-order valence-electron chi connectivity index (χ4n) is 3.46. The summed E-state index contributed by atoms with van der Waals surface area (Å²) in [5, 5.41) is 68.4. The molecule has 0 amide bonds. The van der Waals surface area contributed by atoms with E-state index in [1.165, 1.54) is 24.3 Å². The van der Waals surface area contributed by atoms with Gasteiger partial charge in [-0.05, 0) is 17.7 Å². The maximum Gasteiger partial charge on any atom is 0.229 e. The second-order valence-corrected chi connectivity index (χ2v) is 7.31. The zero-order valence-corrected chi connectivity index (χ0v) is 16.3. The maximum atomic E-state index is 12.9. The first-order valence-corrected chi connectivity index (χ1v) is 9.49. The van der Waals surface area contributed by atoms with Crippen LogP contribution in [0.1, 0.15) is 0 Å². The van der Waals surface area contributed by atoms with Crippen molar-refractivity contribution in [2.24, 2.45) is 0 Å². The maximum absolute atomic E-state index is 12.9. The van der Waals surface area contributed by atoms with Crippen LogP contribution < -0.4 is 10.2 Å². The summed E-state index contributed by atoms with van der Waals surface area (Å²) in [6.45, 7) is -0.641. The fourth-order valence-corrected chi connectivity index (χ4v) is 3.46. The van der Waals surface area contributed by atoms with Gasteiger partial charge in [-0.15, -0.1) is 0 Å². The molecule has 170 valence electrons. The van der Waals surface area contributed by atoms with E-state index in [0.29, 0.717) is 0 Å². The van der Waals surface area contributed by atoms with E-state index >= 15 is 0 Å². The van der Waals surface area contributed by atoms with Crippen molar-refractivity contribution in [1.82, 2.24) is 0 Å². The van der Waals surface area contributed by atoms with Crippen LogP contribution >= 0.6 is 0 Å². The lowest BCUT2D eigenvalue weighted by Crippen LogP contribution is -2.60. The number of ether oxygens (including phenoxy) is 2. The van der Waals surface area contributed by atoms with Crippen LogP contribution in [0, 0.1) is 0 Å². The Balaban J connectivity index is 1.69. The van der Waals surface area contributed by atoms with Crippen molar-refractivity contribution < 1.29 is 49.6 Å². The SMILES string of the molecule is O=c1c(-c2ccc(O)c(O)c2)coc2cc(O[C@@H]3O[C@H](CO)[C@@H](O)[C@H](O)[C@H]3O)cc(O)c12. The summed E-state index contributed by atoms with van der Waals surface area (Å²) < 4.78 is 16.2. The van der Waals surface area contributed by atoms with Gasteiger partial charge in [0.25, 0.3) is 0 Å². The Morgan fingerprint density at radius 2 is 1.66 bits per heavy atom. The predicted octanol–water partition coefficient (Wildman–Crippen LogP) is -0.245. The molecule has 0 unspecified atom stereocenters. The second-order valence-electron chi connectivity index (χ2n) is 7.31. The Kier molecular flexibility index (Phi) is 5.67. The van der Waals surface area contributed by atoms with E-state index in [4.69, 9.17) is 13.9 Å². The third kappa shape index (κ3) is 3.72. The van der Waals surface area contributed by atoms with E-state index in [9.17, 15) is 40.5 Å². The number of benzene rings is 2. The number of hydrogen-bond donors (Lipinski definition) is 7. The van der Waals surface area contributed by atoms with Gasteiger partial charge in [0.05, 0.1) is 12.2 Å². The van der Waals surface area contributed by atoms with Gasteiger partial charge in [-0.3, -0.25) is 4.79 Å². The van der Waals surface area contributed by atoms with Crippen molar-refractivity contribution in [3.05, 3.63) is 46.8 Å². The van der Waals surface area contributed by atoms with Crippen LogP contribution in [0.15, 0.2) is 45.8 Å². The number of fused-ring (bicyclic) bond motifs is 1. The van der Waals surface area contributed by atoms with E-state index < -0.39 is 54.2 Å². The van der Waals surface area contributed by atoms with Crippen LogP contribution in [0.5, 0.6) is 23.0 Å². The summed E-state index contributed by atoms with van der Waals surface area (Å²) in [7, 11) is 0. The summed E-state index contributed by atoms with van der Waals surface area (Å²) in [5.74, 6) is -1.40. The van der Waals surface area contributed by atoms with Gasteiger partial charge in [0, 0.05) is 12.1 Å². The average Bonchev–Trinajstić information content (AvgIpc) is 2.76.